The molecule has 0 heterocycles. The summed E-state index contributed by atoms with van der Waals surface area (Å²) in [5.74, 6) is -0.0907. The number of hydrogen-bond donors (Lipinski definition) is 1. The van der Waals surface area contributed by atoms with Crippen molar-refractivity contribution in [2.45, 2.75) is 43.5 Å². The minimum atomic E-state index is -3.59. The van der Waals surface area contributed by atoms with Crippen LogP contribution in [-0.4, -0.2) is 32.8 Å². The Morgan fingerprint density at radius 3 is 2.48 bits per heavy atom. The van der Waals surface area contributed by atoms with Gasteiger partial charge in [0.2, 0.25) is 15.9 Å². The van der Waals surface area contributed by atoms with Gasteiger partial charge in [-0.15, -0.1) is 0 Å². The molecule has 0 aliphatic heterocycles. The second kappa shape index (κ2) is 8.67. The van der Waals surface area contributed by atoms with Crippen LogP contribution >= 0.6 is 0 Å². The summed E-state index contributed by atoms with van der Waals surface area (Å²) in [7, 11) is -1.87. The quantitative estimate of drug-likeness (QED) is 0.796. The summed E-state index contributed by atoms with van der Waals surface area (Å²) in [6.07, 6.45) is 4.35. The van der Waals surface area contributed by atoms with E-state index in [0.29, 0.717) is 6.54 Å². The topological polar surface area (TPSA) is 66.5 Å². The molecule has 0 radical (unpaired) electrons. The Kier molecular flexibility index (Phi) is 6.29. The van der Waals surface area contributed by atoms with E-state index in [0.717, 1.165) is 36.8 Å². The number of carbonyl (C=O) groups excluding carboxylic acids is 1. The first-order valence-electron chi connectivity index (χ1n) is 9.35. The summed E-state index contributed by atoms with van der Waals surface area (Å²) >= 11 is 0. The smallest absolute Gasteiger partial charge is 0.240 e. The number of nitrogens with one attached hydrogen (secondary N) is 1. The first kappa shape index (κ1) is 19.6. The predicted molar refractivity (Wildman–Crippen MR) is 106 cm³/mol. The van der Waals surface area contributed by atoms with Gasteiger partial charge in [-0.25, -0.2) is 13.1 Å². The van der Waals surface area contributed by atoms with Gasteiger partial charge in [0.25, 0.3) is 0 Å². The zero-order chi connectivity index (χ0) is 19.3. The zero-order valence-electron chi connectivity index (χ0n) is 15.6. The van der Waals surface area contributed by atoms with Crippen LogP contribution in [0.5, 0.6) is 0 Å². The molecule has 1 N–H and O–H groups in total. The van der Waals surface area contributed by atoms with Crippen LogP contribution in [0.2, 0.25) is 0 Å². The molecule has 0 bridgehead atoms. The Morgan fingerprint density at radius 1 is 1.04 bits per heavy atom. The fourth-order valence-corrected chi connectivity index (χ4v) is 4.47. The summed E-state index contributed by atoms with van der Waals surface area (Å²) in [6, 6.07) is 15.1. The third-order valence-corrected chi connectivity index (χ3v) is 6.41. The van der Waals surface area contributed by atoms with Gasteiger partial charge in [0, 0.05) is 26.6 Å². The molecule has 0 atom stereocenters. The number of fused-ring (bicyclic) bond motifs is 1. The van der Waals surface area contributed by atoms with Crippen LogP contribution in [0.15, 0.2) is 53.4 Å². The molecule has 1 aliphatic carbocycles. The molecule has 1 amide bonds. The highest BCUT2D eigenvalue weighted by Crippen LogP contribution is 2.24. The lowest BCUT2D eigenvalue weighted by Crippen LogP contribution is -2.32. The summed E-state index contributed by atoms with van der Waals surface area (Å²) in [5, 5.41) is 0. The van der Waals surface area contributed by atoms with Gasteiger partial charge < -0.3 is 4.90 Å². The maximum absolute atomic E-state index is 12.5. The van der Waals surface area contributed by atoms with E-state index in [9.17, 15) is 13.2 Å². The molecule has 3 rings (SSSR count). The summed E-state index contributed by atoms with van der Waals surface area (Å²) in [6.45, 7) is 0.606. The fraction of sp³-hybridized carbons (Fsp3) is 0.381. The van der Waals surface area contributed by atoms with Crippen molar-refractivity contribution in [2.75, 3.05) is 13.6 Å². The van der Waals surface area contributed by atoms with Crippen LogP contribution in [0.3, 0.4) is 0 Å². The Labute approximate surface area is 161 Å². The van der Waals surface area contributed by atoms with Gasteiger partial charge in [0.05, 0.1) is 4.90 Å². The Hall–Kier alpha value is -2.18. The second-order valence-electron chi connectivity index (χ2n) is 7.02. The highest BCUT2D eigenvalue weighted by molar-refractivity contribution is 7.89. The minimum absolute atomic E-state index is 0.0907. The molecule has 6 heteroatoms. The van der Waals surface area contributed by atoms with Crippen LogP contribution in [0.25, 0.3) is 0 Å². The molecule has 0 aromatic heterocycles. The number of nitrogens with zero attached hydrogens (tertiary/aromatic N) is 1. The predicted octanol–water partition coefficient (Wildman–Crippen LogP) is 2.89. The Bertz CT molecular complexity index is 895. The fourth-order valence-electron chi connectivity index (χ4n) is 3.39. The van der Waals surface area contributed by atoms with Gasteiger partial charge in [0.1, 0.15) is 0 Å². The van der Waals surface area contributed by atoms with Crippen LogP contribution in [0.1, 0.15) is 36.0 Å². The summed E-state index contributed by atoms with van der Waals surface area (Å²) in [5.41, 5.74) is 3.42. The normalized spacial score (nSPS) is 13.8. The molecule has 1 aliphatic rings. The van der Waals surface area contributed by atoms with E-state index >= 15 is 0 Å². The third-order valence-electron chi connectivity index (χ3n) is 4.95. The van der Waals surface area contributed by atoms with E-state index in [-0.39, 0.29) is 23.8 Å². The number of sulfonamides is 1. The number of rotatable bonds is 7. The van der Waals surface area contributed by atoms with E-state index in [4.69, 9.17) is 0 Å². The van der Waals surface area contributed by atoms with Crippen molar-refractivity contribution in [3.63, 3.8) is 0 Å². The summed E-state index contributed by atoms with van der Waals surface area (Å²) in [4.78, 5) is 14.2. The van der Waals surface area contributed by atoms with Gasteiger partial charge in [-0.1, -0.05) is 36.4 Å². The molecule has 0 saturated heterocycles. The Morgan fingerprint density at radius 2 is 1.74 bits per heavy atom. The van der Waals surface area contributed by atoms with Gasteiger partial charge in [-0.3, -0.25) is 4.79 Å². The van der Waals surface area contributed by atoms with E-state index in [2.05, 4.69) is 4.72 Å². The van der Waals surface area contributed by atoms with Crippen molar-refractivity contribution in [3.8, 4) is 0 Å². The van der Waals surface area contributed by atoms with Gasteiger partial charge in [-0.05, 0) is 54.5 Å². The third kappa shape index (κ3) is 5.17. The maximum Gasteiger partial charge on any atom is 0.240 e. The average Bonchev–Trinajstić information content (AvgIpc) is 2.68. The van der Waals surface area contributed by atoms with Crippen molar-refractivity contribution in [2.24, 2.45) is 0 Å². The van der Waals surface area contributed by atoms with Crippen molar-refractivity contribution < 1.29 is 13.2 Å². The molecule has 5 nitrogen and oxygen atoms in total. The van der Waals surface area contributed by atoms with E-state index in [1.807, 2.05) is 36.4 Å². The largest absolute Gasteiger partial charge is 0.341 e. The lowest BCUT2D eigenvalue weighted by Gasteiger charge is -2.18. The van der Waals surface area contributed by atoms with Crippen molar-refractivity contribution in [3.05, 3.63) is 65.2 Å². The lowest BCUT2D eigenvalue weighted by atomic mass is 9.92. The maximum atomic E-state index is 12.5. The number of benzene rings is 2. The van der Waals surface area contributed by atoms with E-state index < -0.39 is 10.0 Å². The average molecular weight is 387 g/mol. The van der Waals surface area contributed by atoms with Crippen LogP contribution in [0, 0.1) is 0 Å². The SMILES string of the molecule is CN(Cc1ccccc1)C(=O)CCNS(=O)(=O)c1ccc2c(c1)CCCC2. The van der Waals surface area contributed by atoms with E-state index in [1.165, 1.54) is 5.56 Å². The van der Waals surface area contributed by atoms with Gasteiger partial charge in [-0.2, -0.15) is 0 Å². The number of aryl methyl sites for hydroxylation is 2. The molecule has 0 unspecified atom stereocenters. The molecule has 0 spiro atoms. The zero-order valence-corrected chi connectivity index (χ0v) is 16.5. The Balaban J connectivity index is 1.53. The van der Waals surface area contributed by atoms with Crippen LogP contribution < -0.4 is 4.72 Å². The molecule has 144 valence electrons. The number of hydrogen-bond acceptors (Lipinski definition) is 3. The van der Waals surface area contributed by atoms with Crippen LogP contribution in [0.4, 0.5) is 0 Å². The van der Waals surface area contributed by atoms with Gasteiger partial charge in [0.15, 0.2) is 0 Å². The highest BCUT2D eigenvalue weighted by atomic mass is 32.2. The molecule has 0 fully saturated rings. The lowest BCUT2D eigenvalue weighted by molar-refractivity contribution is -0.130. The van der Waals surface area contributed by atoms with E-state index in [1.54, 1.807) is 24.1 Å². The number of amides is 1. The molecule has 0 saturated carbocycles. The first-order chi connectivity index (χ1) is 13.0. The number of carbonyl (C=O) groups is 1. The van der Waals surface area contributed by atoms with Crippen molar-refractivity contribution in [1.29, 1.82) is 0 Å². The minimum Gasteiger partial charge on any atom is -0.341 e. The highest BCUT2D eigenvalue weighted by Gasteiger charge is 2.18. The molecule has 2 aromatic carbocycles. The molecular formula is C21H26N2O3S. The molecule has 27 heavy (non-hydrogen) atoms. The first-order valence-corrected chi connectivity index (χ1v) is 10.8. The molecular weight excluding hydrogens is 360 g/mol. The second-order valence-corrected chi connectivity index (χ2v) is 8.79. The molecule has 2 aromatic rings. The summed E-state index contributed by atoms with van der Waals surface area (Å²) < 4.78 is 27.6. The standard InChI is InChI=1S/C21H26N2O3S/c1-23(16-17-7-3-2-4-8-17)21(24)13-14-22-27(25,26)20-12-11-18-9-5-6-10-19(18)15-20/h2-4,7-8,11-12,15,22H,5-6,9-10,13-14,16H2,1H3. The monoisotopic (exact) mass is 386 g/mol. The van der Waals surface area contributed by atoms with Gasteiger partial charge >= 0.3 is 0 Å². The van der Waals surface area contributed by atoms with Crippen molar-refractivity contribution in [1.82, 2.24) is 9.62 Å². The van der Waals surface area contributed by atoms with Crippen LogP contribution in [-0.2, 0) is 34.2 Å². The van der Waals surface area contributed by atoms with Crippen molar-refractivity contribution >= 4 is 15.9 Å².